The van der Waals surface area contributed by atoms with Gasteiger partial charge in [-0.1, -0.05) is 116 Å². The van der Waals surface area contributed by atoms with Gasteiger partial charge in [0, 0.05) is 57.3 Å². The van der Waals surface area contributed by atoms with Crippen LogP contribution in [0.2, 0.25) is 0 Å². The van der Waals surface area contributed by atoms with Crippen LogP contribution in [0, 0.1) is 12.8 Å². The molecule has 0 bridgehead atoms. The summed E-state index contributed by atoms with van der Waals surface area (Å²) in [5.41, 5.74) is 11.7. The quantitative estimate of drug-likeness (QED) is 0.195. The summed E-state index contributed by atoms with van der Waals surface area (Å²) in [5.74, 6) is 0.645. The number of aryl methyl sites for hydroxylation is 1. The Morgan fingerprint density at radius 1 is 0.646 bits per heavy atom. The van der Waals surface area contributed by atoms with Crippen molar-refractivity contribution in [2.45, 2.75) is 20.3 Å². The Bertz CT molecular complexity index is 2420. The van der Waals surface area contributed by atoms with Crippen LogP contribution < -0.4 is 4.90 Å². The highest BCUT2D eigenvalue weighted by Crippen LogP contribution is 2.37. The lowest BCUT2D eigenvalue weighted by atomic mass is 10.0. The van der Waals surface area contributed by atoms with E-state index in [1.807, 2.05) is 6.07 Å². The number of hydrogen-bond donors (Lipinski definition) is 0. The van der Waals surface area contributed by atoms with Gasteiger partial charge in [0.1, 0.15) is 11.2 Å². The first-order chi connectivity index (χ1) is 23.5. The molecule has 1 aliphatic rings. The third-order valence-electron chi connectivity index (χ3n) is 9.48. The van der Waals surface area contributed by atoms with E-state index in [9.17, 15) is 0 Å². The molecule has 1 unspecified atom stereocenters. The van der Waals surface area contributed by atoms with Crippen LogP contribution in [0.25, 0.3) is 60.6 Å². The average molecular weight is 623 g/mol. The van der Waals surface area contributed by atoms with Crippen LogP contribution in [0.5, 0.6) is 0 Å². The molecule has 9 rings (SSSR count). The van der Waals surface area contributed by atoms with Crippen LogP contribution in [-0.4, -0.2) is 11.6 Å². The molecular weight excluding hydrogens is 585 g/mol. The minimum absolute atomic E-state index is 0.645. The number of benzene rings is 6. The molecule has 3 nitrogen and oxygen atoms in total. The second-order valence-electron chi connectivity index (χ2n) is 12.8. The van der Waals surface area contributed by atoms with Crippen LogP contribution in [0.15, 0.2) is 162 Å². The van der Waals surface area contributed by atoms with Gasteiger partial charge in [-0.05, 0) is 73.4 Å². The molecular formula is C45H38N2O. The molecule has 2 aromatic heterocycles. The molecule has 0 N–H and O–H groups in total. The van der Waals surface area contributed by atoms with Gasteiger partial charge in [-0.2, -0.15) is 0 Å². The first-order valence-electron chi connectivity index (χ1n) is 16.7. The fourth-order valence-corrected chi connectivity index (χ4v) is 6.94. The number of allylic oxidation sites excluding steroid dienone is 4. The largest absolute Gasteiger partial charge is 0.456 e. The van der Waals surface area contributed by atoms with E-state index in [0.29, 0.717) is 5.92 Å². The van der Waals surface area contributed by atoms with Gasteiger partial charge in [0.25, 0.3) is 0 Å². The summed E-state index contributed by atoms with van der Waals surface area (Å²) in [7, 11) is 2.11. The number of para-hydroxylation sites is 3. The maximum absolute atomic E-state index is 6.12. The number of aromatic nitrogens is 1. The lowest BCUT2D eigenvalue weighted by molar-refractivity contribution is 0.669. The highest BCUT2D eigenvalue weighted by Gasteiger charge is 2.15. The van der Waals surface area contributed by atoms with E-state index >= 15 is 0 Å². The van der Waals surface area contributed by atoms with Crippen LogP contribution >= 0.6 is 0 Å². The molecule has 0 amide bonds. The van der Waals surface area contributed by atoms with Gasteiger partial charge in [-0.3, -0.25) is 0 Å². The van der Waals surface area contributed by atoms with E-state index in [2.05, 4.69) is 182 Å². The van der Waals surface area contributed by atoms with Crippen molar-refractivity contribution >= 4 is 60.8 Å². The van der Waals surface area contributed by atoms with E-state index in [1.165, 1.54) is 55.3 Å². The number of furan rings is 1. The third kappa shape index (κ3) is 5.38. The zero-order valence-electron chi connectivity index (χ0n) is 27.6. The lowest BCUT2D eigenvalue weighted by Gasteiger charge is -2.23. The molecule has 1 atom stereocenters. The molecule has 0 saturated heterocycles. The van der Waals surface area contributed by atoms with Crippen LogP contribution in [-0.2, 0) is 0 Å². The topological polar surface area (TPSA) is 21.3 Å². The van der Waals surface area contributed by atoms with E-state index in [1.54, 1.807) is 0 Å². The molecule has 0 fully saturated rings. The monoisotopic (exact) mass is 622 g/mol. The Labute approximate surface area is 281 Å². The van der Waals surface area contributed by atoms with Crippen molar-refractivity contribution in [2.75, 3.05) is 11.9 Å². The van der Waals surface area contributed by atoms with Crippen molar-refractivity contribution in [3.8, 4) is 11.1 Å². The molecule has 0 saturated carbocycles. The summed E-state index contributed by atoms with van der Waals surface area (Å²) in [6, 6.07) is 49.1. The van der Waals surface area contributed by atoms with E-state index in [4.69, 9.17) is 4.42 Å². The fraction of sp³-hybridized carbons (Fsp3) is 0.111. The minimum atomic E-state index is 0.645. The van der Waals surface area contributed by atoms with Gasteiger partial charge in [-0.15, -0.1) is 0 Å². The maximum atomic E-state index is 6.12. The SMILES string of the molecule is CC1C=CC(n2c3ccccc3c3ccccc32)=CC1.Cc1ccc2oc3cc(N(C)c4ccccc4-c4ccccc4)ccc3c2c1. The molecule has 2 heterocycles. The molecule has 1 aliphatic carbocycles. The van der Waals surface area contributed by atoms with Crippen molar-refractivity contribution in [1.29, 1.82) is 0 Å². The van der Waals surface area contributed by atoms with Crippen LogP contribution in [0.1, 0.15) is 18.9 Å². The summed E-state index contributed by atoms with van der Waals surface area (Å²) in [4.78, 5) is 2.22. The number of nitrogens with zero attached hydrogens (tertiary/aromatic N) is 2. The Balaban J connectivity index is 0.000000148. The van der Waals surface area contributed by atoms with Gasteiger partial charge in [-0.25, -0.2) is 0 Å². The molecule has 234 valence electrons. The number of rotatable bonds is 4. The molecule has 0 radical (unpaired) electrons. The molecule has 3 heteroatoms. The van der Waals surface area contributed by atoms with Crippen molar-refractivity contribution in [3.05, 3.63) is 163 Å². The average Bonchev–Trinajstić information content (AvgIpc) is 3.67. The van der Waals surface area contributed by atoms with Crippen LogP contribution in [0.3, 0.4) is 0 Å². The normalized spacial score (nSPS) is 14.3. The summed E-state index contributed by atoms with van der Waals surface area (Å²) < 4.78 is 8.50. The highest BCUT2D eigenvalue weighted by molar-refractivity contribution is 6.10. The molecule has 0 spiro atoms. The fourth-order valence-electron chi connectivity index (χ4n) is 6.94. The Hall–Kier alpha value is -5.80. The van der Waals surface area contributed by atoms with Gasteiger partial charge in [0.15, 0.2) is 0 Å². The lowest BCUT2D eigenvalue weighted by Crippen LogP contribution is -2.10. The number of anilines is 2. The second kappa shape index (κ2) is 12.4. The molecule has 6 aromatic carbocycles. The Morgan fingerprint density at radius 2 is 1.33 bits per heavy atom. The zero-order valence-corrected chi connectivity index (χ0v) is 27.6. The maximum Gasteiger partial charge on any atom is 0.137 e. The summed E-state index contributed by atoms with van der Waals surface area (Å²) in [6.07, 6.45) is 8.03. The van der Waals surface area contributed by atoms with E-state index < -0.39 is 0 Å². The van der Waals surface area contributed by atoms with Gasteiger partial charge < -0.3 is 13.9 Å². The van der Waals surface area contributed by atoms with Crippen molar-refractivity contribution in [1.82, 2.24) is 4.57 Å². The summed E-state index contributed by atoms with van der Waals surface area (Å²) in [6.45, 7) is 4.37. The molecule has 8 aromatic rings. The predicted octanol–water partition coefficient (Wildman–Crippen LogP) is 12.6. The smallest absolute Gasteiger partial charge is 0.137 e. The van der Waals surface area contributed by atoms with Gasteiger partial charge >= 0.3 is 0 Å². The highest BCUT2D eigenvalue weighted by atomic mass is 16.3. The Morgan fingerprint density at radius 3 is 2.06 bits per heavy atom. The zero-order chi connectivity index (χ0) is 32.6. The standard InChI is InChI=1S/C26H21NO.C19H17N/c1-18-12-15-25-23(16-18)22-14-13-20(17-26(22)28-25)27(2)24-11-7-6-10-21(24)19-8-4-3-5-9-19;1-14-10-12-15(13-11-14)20-18-8-4-2-6-16(18)17-7-3-5-9-19(17)20/h3-17H,1-2H3;2-10,12-14H,11H2,1H3. The Kier molecular flexibility index (Phi) is 7.66. The second-order valence-corrected chi connectivity index (χ2v) is 12.8. The van der Waals surface area contributed by atoms with E-state index in [0.717, 1.165) is 28.7 Å². The van der Waals surface area contributed by atoms with Crippen LogP contribution in [0.4, 0.5) is 11.4 Å². The summed E-state index contributed by atoms with van der Waals surface area (Å²) in [5, 5.41) is 4.99. The van der Waals surface area contributed by atoms with E-state index in [-0.39, 0.29) is 0 Å². The minimum Gasteiger partial charge on any atom is -0.456 e. The van der Waals surface area contributed by atoms with Crippen molar-refractivity contribution < 1.29 is 4.42 Å². The van der Waals surface area contributed by atoms with Gasteiger partial charge in [0.05, 0.1) is 11.0 Å². The van der Waals surface area contributed by atoms with Crippen molar-refractivity contribution in [3.63, 3.8) is 0 Å². The first kappa shape index (κ1) is 29.6. The first-order valence-corrected chi connectivity index (χ1v) is 16.7. The molecule has 48 heavy (non-hydrogen) atoms. The summed E-state index contributed by atoms with van der Waals surface area (Å²) >= 11 is 0. The van der Waals surface area contributed by atoms with Gasteiger partial charge in [0.2, 0.25) is 0 Å². The van der Waals surface area contributed by atoms with Crippen molar-refractivity contribution in [2.24, 2.45) is 5.92 Å². The molecule has 0 aliphatic heterocycles. The predicted molar refractivity (Wildman–Crippen MR) is 205 cm³/mol. The third-order valence-corrected chi connectivity index (χ3v) is 9.48. The number of hydrogen-bond acceptors (Lipinski definition) is 2. The number of fused-ring (bicyclic) bond motifs is 6.